The third-order valence-electron chi connectivity index (χ3n) is 2.58. The molecule has 3 N–H and O–H groups in total. The number of nitrogens with zero attached hydrogens (tertiary/aromatic N) is 4. The van der Waals surface area contributed by atoms with Crippen molar-refractivity contribution >= 4 is 5.84 Å². The Morgan fingerprint density at radius 1 is 1.39 bits per heavy atom. The molecule has 0 radical (unpaired) electrons. The van der Waals surface area contributed by atoms with Gasteiger partial charge in [-0.3, -0.25) is 4.57 Å². The number of hydrogen-bond donors (Lipinski definition) is 2. The molecule has 6 nitrogen and oxygen atoms in total. The third kappa shape index (κ3) is 2.17. The van der Waals surface area contributed by atoms with E-state index in [1.165, 1.54) is 0 Å². The molecule has 0 amide bonds. The van der Waals surface area contributed by atoms with Crippen LogP contribution in [0.3, 0.4) is 0 Å². The van der Waals surface area contributed by atoms with Gasteiger partial charge in [0.2, 0.25) is 0 Å². The van der Waals surface area contributed by atoms with Crippen LogP contribution in [0.5, 0.6) is 0 Å². The summed E-state index contributed by atoms with van der Waals surface area (Å²) in [6, 6.07) is 3.56. The van der Waals surface area contributed by atoms with Gasteiger partial charge in [0, 0.05) is 30.1 Å². The monoisotopic (exact) mass is 245 g/mol. The molecular weight excluding hydrogens is 230 g/mol. The van der Waals surface area contributed by atoms with Crippen LogP contribution in [0.1, 0.15) is 31.2 Å². The molecular formula is C12H15N5O. The van der Waals surface area contributed by atoms with E-state index in [4.69, 9.17) is 10.9 Å². The molecule has 0 aliphatic heterocycles. The van der Waals surface area contributed by atoms with Crippen LogP contribution in [0.15, 0.2) is 35.9 Å². The number of nitrogens with two attached hydrogens (primary N) is 1. The van der Waals surface area contributed by atoms with Crippen molar-refractivity contribution in [3.8, 4) is 5.82 Å². The lowest BCUT2D eigenvalue weighted by Crippen LogP contribution is -2.14. The summed E-state index contributed by atoms with van der Waals surface area (Å²) in [5.41, 5.74) is 6.06. The van der Waals surface area contributed by atoms with Gasteiger partial charge in [-0.1, -0.05) is 19.0 Å². The highest BCUT2D eigenvalue weighted by Crippen LogP contribution is 2.16. The summed E-state index contributed by atoms with van der Waals surface area (Å²) in [4.78, 5) is 8.58. The standard InChI is InChI=1S/C12H15N5O/c1-8(2)12-14-5-6-17(12)10-4-3-9(7-15-10)11(13)16-18/h3-8,18H,1-2H3,(H2,13,16). The lowest BCUT2D eigenvalue weighted by atomic mass is 10.2. The van der Waals surface area contributed by atoms with Crippen molar-refractivity contribution in [2.24, 2.45) is 10.9 Å². The molecule has 0 fully saturated rings. The minimum Gasteiger partial charge on any atom is -0.409 e. The van der Waals surface area contributed by atoms with Gasteiger partial charge in [-0.15, -0.1) is 0 Å². The highest BCUT2D eigenvalue weighted by Gasteiger charge is 2.09. The van der Waals surface area contributed by atoms with E-state index in [0.717, 1.165) is 11.6 Å². The molecule has 0 atom stereocenters. The van der Waals surface area contributed by atoms with Crippen molar-refractivity contribution in [2.75, 3.05) is 0 Å². The first-order chi connectivity index (χ1) is 8.63. The topological polar surface area (TPSA) is 89.3 Å². The number of pyridine rings is 1. The molecule has 2 aromatic rings. The van der Waals surface area contributed by atoms with Crippen molar-refractivity contribution < 1.29 is 5.21 Å². The van der Waals surface area contributed by atoms with E-state index in [2.05, 4.69) is 29.0 Å². The van der Waals surface area contributed by atoms with Crippen LogP contribution in [0.25, 0.3) is 5.82 Å². The molecule has 2 rings (SSSR count). The summed E-state index contributed by atoms with van der Waals surface area (Å²) >= 11 is 0. The van der Waals surface area contributed by atoms with E-state index in [0.29, 0.717) is 11.5 Å². The number of rotatable bonds is 3. The SMILES string of the molecule is CC(C)c1nccn1-c1ccc(C(N)=NO)cn1. The third-order valence-corrected chi connectivity index (χ3v) is 2.58. The molecule has 6 heteroatoms. The predicted octanol–water partition coefficient (Wildman–Crippen LogP) is 1.49. The second-order valence-corrected chi connectivity index (χ2v) is 4.20. The Kier molecular flexibility index (Phi) is 3.27. The minimum absolute atomic E-state index is 0.0452. The van der Waals surface area contributed by atoms with Crippen LogP contribution in [0, 0.1) is 0 Å². The Bertz CT molecular complexity index is 556. The highest BCUT2D eigenvalue weighted by molar-refractivity contribution is 5.96. The van der Waals surface area contributed by atoms with Gasteiger partial charge in [-0.25, -0.2) is 9.97 Å². The summed E-state index contributed by atoms with van der Waals surface area (Å²) < 4.78 is 1.92. The van der Waals surface area contributed by atoms with E-state index in [-0.39, 0.29) is 5.84 Å². The van der Waals surface area contributed by atoms with Gasteiger partial charge in [0.1, 0.15) is 11.6 Å². The Morgan fingerprint density at radius 2 is 2.17 bits per heavy atom. The first-order valence-corrected chi connectivity index (χ1v) is 5.61. The van der Waals surface area contributed by atoms with Crippen molar-refractivity contribution in [2.45, 2.75) is 19.8 Å². The fourth-order valence-corrected chi connectivity index (χ4v) is 1.67. The number of imidazole rings is 1. The van der Waals surface area contributed by atoms with Gasteiger partial charge in [0.05, 0.1) is 0 Å². The van der Waals surface area contributed by atoms with Gasteiger partial charge in [-0.2, -0.15) is 0 Å². The molecule has 2 aromatic heterocycles. The maximum atomic E-state index is 8.58. The lowest BCUT2D eigenvalue weighted by molar-refractivity contribution is 0.318. The normalized spacial score (nSPS) is 12.1. The number of oxime groups is 1. The number of hydrogen-bond acceptors (Lipinski definition) is 4. The number of aromatic nitrogens is 3. The molecule has 0 unspecified atom stereocenters. The van der Waals surface area contributed by atoms with Crippen molar-refractivity contribution in [1.29, 1.82) is 0 Å². The van der Waals surface area contributed by atoms with Crippen molar-refractivity contribution in [3.05, 3.63) is 42.1 Å². The summed E-state index contributed by atoms with van der Waals surface area (Å²) in [7, 11) is 0. The van der Waals surface area contributed by atoms with E-state index in [1.807, 2.05) is 10.8 Å². The molecule has 0 saturated carbocycles. The molecule has 0 spiro atoms. The van der Waals surface area contributed by atoms with E-state index < -0.39 is 0 Å². The second kappa shape index (κ2) is 4.87. The van der Waals surface area contributed by atoms with Crippen LogP contribution in [-0.2, 0) is 0 Å². The quantitative estimate of drug-likeness (QED) is 0.371. The Morgan fingerprint density at radius 3 is 2.72 bits per heavy atom. The summed E-state index contributed by atoms with van der Waals surface area (Å²) in [6.45, 7) is 4.15. The fourth-order valence-electron chi connectivity index (χ4n) is 1.67. The van der Waals surface area contributed by atoms with Crippen LogP contribution in [0.2, 0.25) is 0 Å². The zero-order valence-corrected chi connectivity index (χ0v) is 10.3. The molecule has 0 aliphatic rings. The maximum Gasteiger partial charge on any atom is 0.171 e. The Hall–Kier alpha value is -2.37. The van der Waals surface area contributed by atoms with E-state index in [1.54, 1.807) is 24.5 Å². The molecule has 2 heterocycles. The van der Waals surface area contributed by atoms with Gasteiger partial charge in [0.15, 0.2) is 5.84 Å². The fraction of sp³-hybridized carbons (Fsp3) is 0.250. The zero-order chi connectivity index (χ0) is 13.1. The summed E-state index contributed by atoms with van der Waals surface area (Å²) in [5.74, 6) is 2.05. The molecule has 0 saturated heterocycles. The predicted molar refractivity (Wildman–Crippen MR) is 68.0 cm³/mol. The minimum atomic E-state index is 0.0452. The maximum absolute atomic E-state index is 8.58. The van der Waals surface area contributed by atoms with E-state index in [9.17, 15) is 0 Å². The summed E-state index contributed by atoms with van der Waals surface area (Å²) in [6.07, 6.45) is 5.17. The first-order valence-electron chi connectivity index (χ1n) is 5.61. The zero-order valence-electron chi connectivity index (χ0n) is 10.3. The van der Waals surface area contributed by atoms with Gasteiger partial charge in [0.25, 0.3) is 0 Å². The Labute approximate surface area is 105 Å². The molecule has 0 bridgehead atoms. The van der Waals surface area contributed by atoms with E-state index >= 15 is 0 Å². The van der Waals surface area contributed by atoms with Gasteiger partial charge in [-0.05, 0) is 12.1 Å². The van der Waals surface area contributed by atoms with Crippen molar-refractivity contribution in [3.63, 3.8) is 0 Å². The molecule has 18 heavy (non-hydrogen) atoms. The average Bonchev–Trinajstić information content (AvgIpc) is 2.87. The van der Waals surface area contributed by atoms with Crippen molar-refractivity contribution in [1.82, 2.24) is 14.5 Å². The van der Waals surface area contributed by atoms with Crippen LogP contribution in [0.4, 0.5) is 0 Å². The molecule has 0 aromatic carbocycles. The van der Waals surface area contributed by atoms with Crippen LogP contribution >= 0.6 is 0 Å². The first kappa shape index (κ1) is 12.1. The van der Waals surface area contributed by atoms with Gasteiger partial charge < -0.3 is 10.9 Å². The largest absolute Gasteiger partial charge is 0.409 e. The van der Waals surface area contributed by atoms with Crippen LogP contribution < -0.4 is 5.73 Å². The molecule has 94 valence electrons. The van der Waals surface area contributed by atoms with Gasteiger partial charge >= 0.3 is 0 Å². The lowest BCUT2D eigenvalue weighted by Gasteiger charge is -2.09. The molecule has 0 aliphatic carbocycles. The second-order valence-electron chi connectivity index (χ2n) is 4.20. The average molecular weight is 245 g/mol. The summed E-state index contributed by atoms with van der Waals surface area (Å²) in [5, 5.41) is 11.5. The Balaban J connectivity index is 2.38. The number of amidine groups is 1. The highest BCUT2D eigenvalue weighted by atomic mass is 16.4. The smallest absolute Gasteiger partial charge is 0.171 e. The van der Waals surface area contributed by atoms with Crippen LogP contribution in [-0.4, -0.2) is 25.6 Å².